The number of benzene rings is 2. The molecule has 3 aromatic rings. The molecule has 0 spiro atoms. The highest BCUT2D eigenvalue weighted by atomic mass is 127. The first-order chi connectivity index (χ1) is 16.3. The van der Waals surface area contributed by atoms with Crippen LogP contribution in [-0.4, -0.2) is 48.1 Å². The lowest BCUT2D eigenvalue weighted by Gasteiger charge is -2.17. The van der Waals surface area contributed by atoms with Crippen molar-refractivity contribution in [3.63, 3.8) is 0 Å². The lowest BCUT2D eigenvalue weighted by atomic mass is 10.0. The Morgan fingerprint density at radius 3 is 2.76 bits per heavy atom. The number of H-pyrrole nitrogens is 1. The average molecular weight is 578 g/mol. The minimum Gasteiger partial charge on any atom is -0.504 e. The first-order valence-corrected chi connectivity index (χ1v) is 11.7. The molecule has 0 aliphatic heterocycles. The number of hydrazone groups is 1. The summed E-state index contributed by atoms with van der Waals surface area (Å²) in [4.78, 5) is 28.4. The predicted molar refractivity (Wildman–Crippen MR) is 138 cm³/mol. The van der Waals surface area contributed by atoms with E-state index in [-0.39, 0.29) is 24.7 Å². The third-order valence-electron chi connectivity index (χ3n) is 4.91. The lowest BCUT2D eigenvalue weighted by Crippen LogP contribution is -2.47. The van der Waals surface area contributed by atoms with Crippen molar-refractivity contribution in [2.24, 2.45) is 11.0 Å². The van der Waals surface area contributed by atoms with Gasteiger partial charge in [-0.05, 0) is 57.8 Å². The van der Waals surface area contributed by atoms with Gasteiger partial charge in [-0.2, -0.15) is 5.10 Å². The van der Waals surface area contributed by atoms with E-state index in [1.54, 1.807) is 12.1 Å². The summed E-state index contributed by atoms with van der Waals surface area (Å²) in [5, 5.41) is 17.6. The van der Waals surface area contributed by atoms with Gasteiger partial charge in [0.25, 0.3) is 5.91 Å². The minimum atomic E-state index is -0.912. The van der Waals surface area contributed by atoms with Crippen LogP contribution in [0.3, 0.4) is 0 Å². The smallest absolute Gasteiger partial charge is 0.407 e. The highest BCUT2D eigenvalue weighted by Crippen LogP contribution is 2.31. The van der Waals surface area contributed by atoms with Crippen LogP contribution in [0.2, 0.25) is 0 Å². The normalized spacial score (nSPS) is 12.1. The lowest BCUT2D eigenvalue weighted by molar-refractivity contribution is -0.123. The van der Waals surface area contributed by atoms with Crippen LogP contribution in [0.5, 0.6) is 11.5 Å². The zero-order valence-electron chi connectivity index (χ0n) is 19.1. The van der Waals surface area contributed by atoms with Crippen molar-refractivity contribution in [2.75, 3.05) is 13.7 Å². The second-order valence-corrected chi connectivity index (χ2v) is 9.20. The Kier molecular flexibility index (Phi) is 8.74. The van der Waals surface area contributed by atoms with Crippen LogP contribution in [0, 0.1) is 9.49 Å². The van der Waals surface area contributed by atoms with E-state index in [1.165, 1.54) is 13.3 Å². The first kappa shape index (κ1) is 25.3. The summed E-state index contributed by atoms with van der Waals surface area (Å²) in [5.74, 6) is 0.00319. The van der Waals surface area contributed by atoms with Crippen molar-refractivity contribution in [1.82, 2.24) is 15.7 Å². The van der Waals surface area contributed by atoms with Gasteiger partial charge < -0.3 is 24.9 Å². The van der Waals surface area contributed by atoms with Crippen molar-refractivity contribution >= 4 is 51.7 Å². The van der Waals surface area contributed by atoms with E-state index in [2.05, 4.69) is 20.8 Å². The number of aromatic hydroxyl groups is 1. The van der Waals surface area contributed by atoms with Crippen LogP contribution in [0.4, 0.5) is 4.79 Å². The number of carbonyl (C=O) groups excluding carboxylic acids is 2. The molecule has 0 fully saturated rings. The van der Waals surface area contributed by atoms with E-state index >= 15 is 0 Å². The Morgan fingerprint density at radius 2 is 2.03 bits per heavy atom. The quantitative estimate of drug-likeness (QED) is 0.174. The van der Waals surface area contributed by atoms with E-state index in [0.717, 1.165) is 16.5 Å². The summed E-state index contributed by atoms with van der Waals surface area (Å²) in [6.45, 7) is 4.10. The van der Waals surface area contributed by atoms with Crippen LogP contribution in [-0.2, 0) is 16.0 Å². The van der Waals surface area contributed by atoms with Crippen molar-refractivity contribution in [3.8, 4) is 11.5 Å². The van der Waals surface area contributed by atoms with Crippen molar-refractivity contribution in [1.29, 1.82) is 0 Å². The molecule has 2 amide bonds. The molecule has 0 unspecified atom stereocenters. The van der Waals surface area contributed by atoms with Crippen molar-refractivity contribution in [3.05, 3.63) is 57.3 Å². The molecule has 1 heterocycles. The van der Waals surface area contributed by atoms with Gasteiger partial charge in [-0.15, -0.1) is 0 Å². The average Bonchev–Trinajstić information content (AvgIpc) is 3.22. The Labute approximate surface area is 211 Å². The number of para-hydroxylation sites is 1. The number of halogens is 1. The molecule has 3 rings (SSSR count). The largest absolute Gasteiger partial charge is 0.504 e. The highest BCUT2D eigenvalue weighted by Gasteiger charge is 2.23. The number of rotatable bonds is 9. The molecular formula is C24H27IN4O5. The molecule has 34 heavy (non-hydrogen) atoms. The Hall–Kier alpha value is -3.28. The zero-order chi connectivity index (χ0) is 24.7. The minimum absolute atomic E-state index is 0.0344. The van der Waals surface area contributed by atoms with Gasteiger partial charge in [0.15, 0.2) is 11.5 Å². The number of fused-ring (bicyclic) bond motifs is 1. The number of carbonyl (C=O) groups is 2. The highest BCUT2D eigenvalue weighted by molar-refractivity contribution is 14.1. The number of aromatic nitrogens is 1. The fraction of sp³-hybridized carbons (Fsp3) is 0.292. The van der Waals surface area contributed by atoms with Gasteiger partial charge in [-0.25, -0.2) is 10.2 Å². The standard InChI is InChI=1S/C24H27IN4O5/c1-14(2)13-34-24(32)28-20(10-16-12-26-19-7-5-4-6-17(16)19)23(31)29-27-11-15-8-18(25)22(30)21(9-15)33-3/h4-9,11-12,14,20,26,30H,10,13H2,1-3H3,(H,28,32)(H,29,31)/b27-11-/t20-/m0/s1. The van der Waals surface area contributed by atoms with Gasteiger partial charge >= 0.3 is 6.09 Å². The molecule has 9 nitrogen and oxygen atoms in total. The number of hydrogen-bond acceptors (Lipinski definition) is 6. The van der Waals surface area contributed by atoms with Gasteiger partial charge in [0.2, 0.25) is 0 Å². The van der Waals surface area contributed by atoms with Gasteiger partial charge in [-0.3, -0.25) is 4.79 Å². The topological polar surface area (TPSA) is 125 Å². The first-order valence-electron chi connectivity index (χ1n) is 10.7. The second-order valence-electron chi connectivity index (χ2n) is 8.04. The Morgan fingerprint density at radius 1 is 1.26 bits per heavy atom. The fourth-order valence-electron chi connectivity index (χ4n) is 3.23. The van der Waals surface area contributed by atoms with E-state index in [1.807, 2.05) is 66.9 Å². The molecule has 0 saturated carbocycles. The third kappa shape index (κ3) is 6.62. The fourth-order valence-corrected chi connectivity index (χ4v) is 3.85. The molecular weight excluding hydrogens is 551 g/mol. The third-order valence-corrected chi connectivity index (χ3v) is 5.74. The number of phenolic OH excluding ortho intramolecular Hbond substituents is 1. The molecule has 180 valence electrons. The van der Waals surface area contributed by atoms with Gasteiger partial charge in [0.1, 0.15) is 6.04 Å². The van der Waals surface area contributed by atoms with Crippen LogP contribution in [0.1, 0.15) is 25.0 Å². The van der Waals surface area contributed by atoms with E-state index < -0.39 is 18.0 Å². The second kappa shape index (κ2) is 11.7. The number of ether oxygens (including phenoxy) is 2. The SMILES string of the molecule is COc1cc(/C=N\NC(=O)[C@H](Cc2c[nH]c3ccccc23)NC(=O)OCC(C)C)cc(I)c1O. The summed E-state index contributed by atoms with van der Waals surface area (Å²) >= 11 is 1.98. The number of nitrogens with one attached hydrogen (secondary N) is 3. The summed E-state index contributed by atoms with van der Waals surface area (Å²) in [7, 11) is 1.45. The predicted octanol–water partition coefficient (Wildman–Crippen LogP) is 3.93. The molecule has 0 bridgehead atoms. The Balaban J connectivity index is 1.75. The summed E-state index contributed by atoms with van der Waals surface area (Å²) in [5.41, 5.74) is 4.91. The molecule has 0 aliphatic carbocycles. The van der Waals surface area contributed by atoms with Crippen molar-refractivity contribution < 1.29 is 24.2 Å². The van der Waals surface area contributed by atoms with Crippen molar-refractivity contribution in [2.45, 2.75) is 26.3 Å². The number of amides is 2. The number of hydrogen-bond donors (Lipinski definition) is 4. The summed E-state index contributed by atoms with van der Waals surface area (Å²) in [6.07, 6.45) is 2.82. The number of aromatic amines is 1. The van der Waals surface area contributed by atoms with Gasteiger partial charge in [0.05, 0.1) is 23.5 Å². The maximum Gasteiger partial charge on any atom is 0.407 e. The molecule has 2 aromatic carbocycles. The molecule has 0 saturated heterocycles. The number of alkyl carbamates (subject to hydrolysis) is 1. The summed E-state index contributed by atoms with van der Waals surface area (Å²) < 4.78 is 10.9. The monoisotopic (exact) mass is 578 g/mol. The molecule has 0 radical (unpaired) electrons. The maximum absolute atomic E-state index is 12.9. The van der Waals surface area contributed by atoms with Crippen LogP contribution in [0.25, 0.3) is 10.9 Å². The van der Waals surface area contributed by atoms with Gasteiger partial charge in [0, 0.05) is 23.5 Å². The van der Waals surface area contributed by atoms with Crippen LogP contribution in [0.15, 0.2) is 47.7 Å². The molecule has 10 heteroatoms. The van der Waals surface area contributed by atoms with E-state index in [4.69, 9.17) is 9.47 Å². The maximum atomic E-state index is 12.9. The zero-order valence-corrected chi connectivity index (χ0v) is 21.3. The van der Waals surface area contributed by atoms with E-state index in [0.29, 0.717) is 14.9 Å². The number of methoxy groups -OCH3 is 1. The molecule has 1 aromatic heterocycles. The Bertz CT molecular complexity index is 1190. The molecule has 0 aliphatic rings. The van der Waals surface area contributed by atoms with Crippen LogP contribution < -0.4 is 15.5 Å². The molecule has 1 atom stereocenters. The van der Waals surface area contributed by atoms with Gasteiger partial charge in [-0.1, -0.05) is 32.0 Å². The molecule has 4 N–H and O–H groups in total. The van der Waals surface area contributed by atoms with E-state index in [9.17, 15) is 14.7 Å². The van der Waals surface area contributed by atoms with Crippen LogP contribution >= 0.6 is 22.6 Å². The summed E-state index contributed by atoms with van der Waals surface area (Å²) in [6, 6.07) is 10.1. The number of phenols is 1. The number of nitrogens with zero attached hydrogens (tertiary/aromatic N) is 1.